The van der Waals surface area contributed by atoms with Gasteiger partial charge in [0, 0.05) is 6.54 Å². The molecule has 0 fully saturated rings. The van der Waals surface area contributed by atoms with E-state index in [1.54, 1.807) is 38.5 Å². The number of hydrogen-bond donors (Lipinski definition) is 1. The lowest BCUT2D eigenvalue weighted by Gasteiger charge is -2.13. The van der Waals surface area contributed by atoms with Gasteiger partial charge in [-0.1, -0.05) is 43.6 Å². The van der Waals surface area contributed by atoms with Crippen LogP contribution in [0.15, 0.2) is 47.5 Å². The fraction of sp³-hybridized carbons (Fsp3) is 0.364. The second-order valence-electron chi connectivity index (χ2n) is 6.77. The lowest BCUT2D eigenvalue weighted by molar-refractivity contribution is 0.0963. The van der Waals surface area contributed by atoms with Crippen LogP contribution < -0.4 is 14.8 Å². The summed E-state index contributed by atoms with van der Waals surface area (Å²) in [5.74, 6) is 1.28. The van der Waals surface area contributed by atoms with Crippen molar-refractivity contribution in [2.45, 2.75) is 20.3 Å². The zero-order valence-electron chi connectivity index (χ0n) is 17.2. The van der Waals surface area contributed by atoms with E-state index in [9.17, 15) is 4.79 Å². The molecule has 2 rings (SSSR count). The Balaban J connectivity index is 2.07. The van der Waals surface area contributed by atoms with Crippen molar-refractivity contribution in [1.29, 1.82) is 0 Å². The van der Waals surface area contributed by atoms with E-state index in [-0.39, 0.29) is 11.9 Å². The molecule has 0 spiro atoms. The average Bonchev–Trinajstić information content (AvgIpc) is 2.71. The number of halogens is 1. The zero-order chi connectivity index (χ0) is 21.2. The molecule has 0 atom stereocenters. The summed E-state index contributed by atoms with van der Waals surface area (Å²) in [6.45, 7) is 4.93. The molecule has 2 aromatic rings. The van der Waals surface area contributed by atoms with Crippen LogP contribution in [0.2, 0.25) is 5.02 Å². The molecule has 0 aliphatic rings. The third-order valence-corrected chi connectivity index (χ3v) is 4.33. The summed E-state index contributed by atoms with van der Waals surface area (Å²) in [7, 11) is 3.20. The van der Waals surface area contributed by atoms with Gasteiger partial charge in [-0.25, -0.2) is 4.99 Å². The van der Waals surface area contributed by atoms with Crippen LogP contribution in [-0.4, -0.2) is 39.3 Å². The Hall–Kier alpha value is -2.73. The molecule has 0 aliphatic heterocycles. The van der Waals surface area contributed by atoms with E-state index in [0.717, 1.165) is 5.56 Å². The summed E-state index contributed by atoms with van der Waals surface area (Å²) in [6, 6.07) is 12.7. The Morgan fingerprint density at radius 1 is 1.10 bits per heavy atom. The molecule has 0 saturated heterocycles. The molecule has 1 N–H and O–H groups in total. The van der Waals surface area contributed by atoms with Crippen LogP contribution in [0.25, 0.3) is 0 Å². The maximum atomic E-state index is 12.5. The number of methoxy groups -OCH3 is 2. The smallest absolute Gasteiger partial charge is 0.291 e. The van der Waals surface area contributed by atoms with Crippen molar-refractivity contribution in [1.82, 2.24) is 5.32 Å². The van der Waals surface area contributed by atoms with Crippen LogP contribution in [0.3, 0.4) is 0 Å². The summed E-state index contributed by atoms with van der Waals surface area (Å²) in [4.78, 5) is 17.0. The normalized spacial score (nSPS) is 11.3. The van der Waals surface area contributed by atoms with E-state index >= 15 is 0 Å². The second-order valence-corrected chi connectivity index (χ2v) is 7.17. The van der Waals surface area contributed by atoms with E-state index in [2.05, 4.69) is 10.3 Å². The Labute approximate surface area is 176 Å². The number of benzene rings is 2. The van der Waals surface area contributed by atoms with Gasteiger partial charge in [0.1, 0.15) is 0 Å². The monoisotopic (exact) mass is 418 g/mol. The Bertz CT molecular complexity index is 852. The van der Waals surface area contributed by atoms with Gasteiger partial charge in [-0.3, -0.25) is 10.1 Å². The molecular weight excluding hydrogens is 392 g/mol. The predicted octanol–water partition coefficient (Wildman–Crippen LogP) is 4.36. The highest BCUT2D eigenvalue weighted by Crippen LogP contribution is 2.27. The Kier molecular flexibility index (Phi) is 8.80. The molecule has 0 radical (unpaired) electrons. The predicted molar refractivity (Wildman–Crippen MR) is 115 cm³/mol. The first-order valence-electron chi connectivity index (χ1n) is 9.38. The fourth-order valence-electron chi connectivity index (χ4n) is 2.50. The quantitative estimate of drug-likeness (QED) is 0.511. The minimum Gasteiger partial charge on any atom is -0.493 e. The van der Waals surface area contributed by atoms with Crippen molar-refractivity contribution in [3.05, 3.63) is 58.6 Å². The highest BCUT2D eigenvalue weighted by atomic mass is 35.5. The number of nitrogens with one attached hydrogen (secondary N) is 1. The number of amidine groups is 1. The number of carbonyl (C=O) groups excluding carboxylic acids is 1. The molecule has 7 heteroatoms. The Morgan fingerprint density at radius 3 is 2.48 bits per heavy atom. The number of amides is 1. The van der Waals surface area contributed by atoms with Crippen LogP contribution in [0, 0.1) is 5.92 Å². The second kappa shape index (κ2) is 11.3. The Morgan fingerprint density at radius 2 is 1.83 bits per heavy atom. The summed E-state index contributed by atoms with van der Waals surface area (Å²) >= 11 is 6.10. The van der Waals surface area contributed by atoms with Gasteiger partial charge in [0.15, 0.2) is 11.5 Å². The third kappa shape index (κ3) is 6.98. The van der Waals surface area contributed by atoms with Crippen LogP contribution >= 0.6 is 11.6 Å². The number of rotatable bonds is 8. The summed E-state index contributed by atoms with van der Waals surface area (Å²) in [5, 5.41) is 3.09. The molecular formula is C22H27ClN2O4. The van der Waals surface area contributed by atoms with E-state index in [1.807, 2.05) is 32.0 Å². The van der Waals surface area contributed by atoms with Gasteiger partial charge in [-0.15, -0.1) is 0 Å². The van der Waals surface area contributed by atoms with E-state index in [0.29, 0.717) is 47.6 Å². The number of hydrogen-bond acceptors (Lipinski definition) is 5. The molecule has 29 heavy (non-hydrogen) atoms. The first-order valence-corrected chi connectivity index (χ1v) is 9.76. The number of carbonyl (C=O) groups is 1. The number of ether oxygens (including phenoxy) is 3. The van der Waals surface area contributed by atoms with Gasteiger partial charge in [0.05, 0.1) is 31.4 Å². The highest BCUT2D eigenvalue weighted by Gasteiger charge is 2.13. The van der Waals surface area contributed by atoms with E-state index in [4.69, 9.17) is 25.8 Å². The molecule has 0 unspecified atom stereocenters. The third-order valence-electron chi connectivity index (χ3n) is 4.00. The van der Waals surface area contributed by atoms with Gasteiger partial charge in [-0.2, -0.15) is 0 Å². The van der Waals surface area contributed by atoms with Gasteiger partial charge < -0.3 is 14.2 Å². The fourth-order valence-corrected chi connectivity index (χ4v) is 2.72. The van der Waals surface area contributed by atoms with Crippen LogP contribution in [0.1, 0.15) is 29.8 Å². The lowest BCUT2D eigenvalue weighted by atomic mass is 10.1. The summed E-state index contributed by atoms with van der Waals surface area (Å²) < 4.78 is 16.3. The van der Waals surface area contributed by atoms with Gasteiger partial charge in [-0.05, 0) is 42.2 Å². The lowest BCUT2D eigenvalue weighted by Crippen LogP contribution is -2.34. The minimum atomic E-state index is -0.357. The molecule has 6 nitrogen and oxygen atoms in total. The van der Waals surface area contributed by atoms with Gasteiger partial charge >= 0.3 is 0 Å². The molecule has 0 aromatic heterocycles. The van der Waals surface area contributed by atoms with Crippen LogP contribution in [0.4, 0.5) is 0 Å². The molecule has 2 aromatic carbocycles. The first-order chi connectivity index (χ1) is 13.9. The number of nitrogens with zero attached hydrogens (tertiary/aromatic N) is 1. The molecule has 156 valence electrons. The van der Waals surface area contributed by atoms with Crippen molar-refractivity contribution >= 4 is 23.5 Å². The standard InChI is InChI=1S/C22H27ClN2O4/c1-15(2)14-29-22(25-21(26)17-7-5-6-8-18(17)23)24-12-11-16-9-10-19(27-3)20(13-16)28-4/h5-10,13,15H,11-12,14H2,1-4H3,(H,24,25,26). The maximum absolute atomic E-state index is 12.5. The first kappa shape index (κ1) is 22.6. The molecule has 0 heterocycles. The molecule has 0 aliphatic carbocycles. The van der Waals surface area contributed by atoms with Crippen LogP contribution in [0.5, 0.6) is 11.5 Å². The van der Waals surface area contributed by atoms with Crippen molar-refractivity contribution in [3.8, 4) is 11.5 Å². The average molecular weight is 419 g/mol. The molecule has 1 amide bonds. The van der Waals surface area contributed by atoms with E-state index in [1.165, 1.54) is 0 Å². The minimum absolute atomic E-state index is 0.184. The molecule has 0 saturated carbocycles. The van der Waals surface area contributed by atoms with Crippen molar-refractivity contribution in [2.24, 2.45) is 10.9 Å². The SMILES string of the molecule is COc1ccc(CCN=C(NC(=O)c2ccccc2Cl)OCC(C)C)cc1OC. The zero-order valence-corrected chi connectivity index (χ0v) is 18.0. The van der Waals surface area contributed by atoms with Crippen LogP contribution in [-0.2, 0) is 11.2 Å². The molecule has 0 bridgehead atoms. The summed E-state index contributed by atoms with van der Waals surface area (Å²) in [6.07, 6.45) is 0.650. The van der Waals surface area contributed by atoms with E-state index < -0.39 is 0 Å². The number of aliphatic imine (C=N–C) groups is 1. The van der Waals surface area contributed by atoms with Crippen molar-refractivity contribution in [3.63, 3.8) is 0 Å². The summed E-state index contributed by atoms with van der Waals surface area (Å²) in [5.41, 5.74) is 1.40. The highest BCUT2D eigenvalue weighted by molar-refractivity contribution is 6.34. The van der Waals surface area contributed by atoms with Gasteiger partial charge in [0.25, 0.3) is 11.9 Å². The maximum Gasteiger partial charge on any atom is 0.291 e. The van der Waals surface area contributed by atoms with Gasteiger partial charge in [0.2, 0.25) is 0 Å². The van der Waals surface area contributed by atoms with Crippen molar-refractivity contribution in [2.75, 3.05) is 27.4 Å². The largest absolute Gasteiger partial charge is 0.493 e. The topological polar surface area (TPSA) is 69.2 Å². The van der Waals surface area contributed by atoms with Crippen molar-refractivity contribution < 1.29 is 19.0 Å².